The second-order valence-corrected chi connectivity index (χ2v) is 6.02. The molecule has 1 aliphatic heterocycles. The van der Waals surface area contributed by atoms with Crippen LogP contribution in [0.1, 0.15) is 27.0 Å². The maximum Gasteiger partial charge on any atom is 0.310 e. The van der Waals surface area contributed by atoms with Crippen LogP contribution in [0.15, 0.2) is 12.5 Å². The molecule has 28 heavy (non-hydrogen) atoms. The Morgan fingerprint density at radius 3 is 2.43 bits per heavy atom. The number of aromatic nitrogens is 4. The topological polar surface area (TPSA) is 132 Å². The Labute approximate surface area is 157 Å². The lowest BCUT2D eigenvalue weighted by Gasteiger charge is -2.23. The summed E-state index contributed by atoms with van der Waals surface area (Å²) in [6.07, 6.45) is -2.68. The van der Waals surface area contributed by atoms with Crippen molar-refractivity contribution in [3.05, 3.63) is 18.6 Å². The number of ether oxygens (including phenoxy) is 4. The van der Waals surface area contributed by atoms with E-state index in [1.165, 1.54) is 37.9 Å². The van der Waals surface area contributed by atoms with Crippen molar-refractivity contribution >= 4 is 29.1 Å². The molecule has 0 bridgehead atoms. The lowest BCUT2D eigenvalue weighted by atomic mass is 10.1. The molecule has 0 aliphatic carbocycles. The summed E-state index contributed by atoms with van der Waals surface area (Å²) >= 11 is 0. The Morgan fingerprint density at radius 1 is 1.11 bits per heavy atom. The molecule has 0 radical (unpaired) electrons. The maximum absolute atomic E-state index is 13.5. The number of carbonyl (C=O) groups excluding carboxylic acids is 3. The zero-order chi connectivity index (χ0) is 20.4. The van der Waals surface area contributed by atoms with Gasteiger partial charge >= 0.3 is 24.0 Å². The average Bonchev–Trinajstić information content (AvgIpc) is 3.14. The Kier molecular flexibility index (Phi) is 5.49. The molecule has 12 heteroatoms. The quantitative estimate of drug-likeness (QED) is 0.394. The molecule has 0 spiro atoms. The molecule has 0 amide bonds. The number of hydrogen-bond acceptors (Lipinski definition) is 10. The first-order valence-corrected chi connectivity index (χ1v) is 8.24. The van der Waals surface area contributed by atoms with Crippen molar-refractivity contribution in [1.29, 1.82) is 0 Å². The van der Waals surface area contributed by atoms with Gasteiger partial charge in [0, 0.05) is 20.8 Å². The smallest absolute Gasteiger partial charge is 0.310 e. The SMILES string of the molecule is CC(=O)OC[C@@H]1OC(n2cnc3cnc(F)nc32)[C@H](OC(C)=O)[C@@H]1OC(C)=O. The predicted octanol–water partition coefficient (Wildman–Crippen LogP) is 0.289. The molecule has 2 aromatic rings. The van der Waals surface area contributed by atoms with E-state index in [0.29, 0.717) is 0 Å². The van der Waals surface area contributed by atoms with Crippen molar-refractivity contribution in [2.45, 2.75) is 45.3 Å². The van der Waals surface area contributed by atoms with E-state index in [1.54, 1.807) is 0 Å². The summed E-state index contributed by atoms with van der Waals surface area (Å²) in [7, 11) is 0. The van der Waals surface area contributed by atoms with Gasteiger partial charge in [0.15, 0.2) is 24.1 Å². The van der Waals surface area contributed by atoms with Gasteiger partial charge in [0.05, 0.1) is 12.5 Å². The number of esters is 3. The molecule has 2 aromatic heterocycles. The highest BCUT2D eigenvalue weighted by Gasteiger charge is 2.51. The first-order chi connectivity index (χ1) is 13.3. The molecule has 0 N–H and O–H groups in total. The van der Waals surface area contributed by atoms with Crippen LogP contribution in [0.3, 0.4) is 0 Å². The summed E-state index contributed by atoms with van der Waals surface area (Å²) in [5.74, 6) is -1.88. The van der Waals surface area contributed by atoms with Crippen molar-refractivity contribution in [3.63, 3.8) is 0 Å². The van der Waals surface area contributed by atoms with Gasteiger partial charge in [0.1, 0.15) is 18.2 Å². The van der Waals surface area contributed by atoms with Crippen LogP contribution in [0.5, 0.6) is 0 Å². The van der Waals surface area contributed by atoms with Gasteiger partial charge in [-0.1, -0.05) is 0 Å². The minimum absolute atomic E-state index is 0.0874. The van der Waals surface area contributed by atoms with Gasteiger partial charge < -0.3 is 18.9 Å². The van der Waals surface area contributed by atoms with Crippen LogP contribution in [0, 0.1) is 6.08 Å². The molecule has 1 aliphatic rings. The minimum Gasteiger partial charge on any atom is -0.463 e. The number of nitrogens with zero attached hydrogens (tertiary/aromatic N) is 4. The molecule has 3 heterocycles. The molecule has 1 saturated heterocycles. The van der Waals surface area contributed by atoms with Gasteiger partial charge in [-0.05, 0) is 0 Å². The molecule has 1 fully saturated rings. The van der Waals surface area contributed by atoms with Gasteiger partial charge in [-0.3, -0.25) is 19.0 Å². The van der Waals surface area contributed by atoms with E-state index >= 15 is 0 Å². The molecular weight excluding hydrogens is 379 g/mol. The van der Waals surface area contributed by atoms with Gasteiger partial charge in [-0.2, -0.15) is 9.37 Å². The molecule has 11 nitrogen and oxygen atoms in total. The fourth-order valence-electron chi connectivity index (χ4n) is 2.91. The van der Waals surface area contributed by atoms with E-state index < -0.39 is 48.5 Å². The van der Waals surface area contributed by atoms with E-state index in [1.807, 2.05) is 0 Å². The zero-order valence-electron chi connectivity index (χ0n) is 15.2. The van der Waals surface area contributed by atoms with Crippen LogP contribution in [-0.2, 0) is 33.3 Å². The first kappa shape index (κ1) is 19.6. The van der Waals surface area contributed by atoms with E-state index in [-0.39, 0.29) is 17.8 Å². The summed E-state index contributed by atoms with van der Waals surface area (Å²) in [5.41, 5.74) is 0.364. The van der Waals surface area contributed by atoms with E-state index in [0.717, 1.165) is 0 Å². The monoisotopic (exact) mass is 396 g/mol. The van der Waals surface area contributed by atoms with E-state index in [4.69, 9.17) is 18.9 Å². The lowest BCUT2D eigenvalue weighted by molar-refractivity contribution is -0.166. The fraction of sp³-hybridized carbons (Fsp3) is 0.500. The summed E-state index contributed by atoms with van der Waals surface area (Å²) in [5, 5.41) is 0. The van der Waals surface area contributed by atoms with Gasteiger partial charge in [0.25, 0.3) is 0 Å². The number of rotatable bonds is 5. The van der Waals surface area contributed by atoms with Crippen molar-refractivity contribution < 1.29 is 37.7 Å². The number of hydrogen-bond donors (Lipinski definition) is 0. The van der Waals surface area contributed by atoms with Crippen LogP contribution in [-0.4, -0.2) is 62.3 Å². The van der Waals surface area contributed by atoms with E-state index in [9.17, 15) is 18.8 Å². The van der Waals surface area contributed by atoms with Crippen LogP contribution in [0.2, 0.25) is 0 Å². The third-order valence-corrected chi connectivity index (χ3v) is 3.90. The van der Waals surface area contributed by atoms with Crippen LogP contribution >= 0.6 is 0 Å². The first-order valence-electron chi connectivity index (χ1n) is 8.24. The lowest BCUT2D eigenvalue weighted by Crippen LogP contribution is -2.40. The van der Waals surface area contributed by atoms with Gasteiger partial charge in [-0.15, -0.1) is 0 Å². The highest BCUT2D eigenvalue weighted by molar-refractivity contribution is 5.70. The number of imidazole rings is 1. The van der Waals surface area contributed by atoms with Crippen molar-refractivity contribution in [2.75, 3.05) is 6.61 Å². The molecule has 0 saturated carbocycles. The Morgan fingerprint density at radius 2 is 1.79 bits per heavy atom. The van der Waals surface area contributed by atoms with Gasteiger partial charge in [-0.25, -0.2) is 9.97 Å². The third-order valence-electron chi connectivity index (χ3n) is 3.90. The van der Waals surface area contributed by atoms with Crippen LogP contribution in [0.4, 0.5) is 4.39 Å². The minimum atomic E-state index is -1.11. The Balaban J connectivity index is 2.00. The van der Waals surface area contributed by atoms with E-state index in [2.05, 4.69) is 15.0 Å². The predicted molar refractivity (Wildman–Crippen MR) is 86.9 cm³/mol. The molecule has 0 aromatic carbocycles. The number of carbonyl (C=O) groups is 3. The van der Waals surface area contributed by atoms with Gasteiger partial charge in [0.2, 0.25) is 0 Å². The fourth-order valence-corrected chi connectivity index (χ4v) is 2.91. The molecule has 4 atom stereocenters. The largest absolute Gasteiger partial charge is 0.463 e. The number of halogens is 1. The average molecular weight is 396 g/mol. The summed E-state index contributed by atoms with van der Waals surface area (Å²) in [6, 6.07) is 0. The van der Waals surface area contributed by atoms with Crippen molar-refractivity contribution in [3.8, 4) is 0 Å². The maximum atomic E-state index is 13.5. The molecule has 3 rings (SSSR count). The molecular formula is C16H17FN4O7. The standard InChI is InChI=1S/C16H17FN4O7/c1-7(22)25-5-11-12(26-8(2)23)13(27-9(3)24)15(28-11)21-6-19-10-4-18-16(17)20-14(10)21/h4,6,11-13,15H,5H2,1-3H3/t11-,12+,13+,15?/m0/s1. The van der Waals surface area contributed by atoms with Crippen LogP contribution in [0.25, 0.3) is 11.2 Å². The molecule has 150 valence electrons. The number of fused-ring (bicyclic) bond motifs is 1. The highest BCUT2D eigenvalue weighted by Crippen LogP contribution is 2.35. The Bertz CT molecular complexity index is 918. The second kappa shape index (κ2) is 7.84. The highest BCUT2D eigenvalue weighted by atomic mass is 19.1. The second-order valence-electron chi connectivity index (χ2n) is 6.02. The molecule has 1 unspecified atom stereocenters. The van der Waals surface area contributed by atoms with Crippen molar-refractivity contribution in [2.24, 2.45) is 0 Å². The summed E-state index contributed by atoms with van der Waals surface area (Å²) in [4.78, 5) is 45.5. The normalized spacial score (nSPS) is 24.1. The van der Waals surface area contributed by atoms with Crippen LogP contribution < -0.4 is 0 Å². The van der Waals surface area contributed by atoms with Crippen molar-refractivity contribution in [1.82, 2.24) is 19.5 Å². The third kappa shape index (κ3) is 4.06. The Hall–Kier alpha value is -3.15. The summed E-state index contributed by atoms with van der Waals surface area (Å²) in [6.45, 7) is 3.31. The zero-order valence-corrected chi connectivity index (χ0v) is 15.2. The summed E-state index contributed by atoms with van der Waals surface area (Å²) < 4.78 is 36.2.